The van der Waals surface area contributed by atoms with Crippen LogP contribution in [0.3, 0.4) is 0 Å². The van der Waals surface area contributed by atoms with E-state index in [0.29, 0.717) is 17.5 Å². The number of methoxy groups -OCH3 is 1. The van der Waals surface area contributed by atoms with Crippen LogP contribution in [-0.2, 0) is 16.0 Å². The van der Waals surface area contributed by atoms with Gasteiger partial charge in [0, 0.05) is 0 Å². The second-order valence-electron chi connectivity index (χ2n) is 4.17. The van der Waals surface area contributed by atoms with Crippen LogP contribution in [0.1, 0.15) is 23.6 Å². The molecule has 0 aliphatic carbocycles. The van der Waals surface area contributed by atoms with Gasteiger partial charge in [-0.05, 0) is 37.0 Å². The van der Waals surface area contributed by atoms with Crippen LogP contribution >= 0.6 is 0 Å². The van der Waals surface area contributed by atoms with Gasteiger partial charge in [-0.25, -0.2) is 4.39 Å². The Labute approximate surface area is 95.4 Å². The molecule has 1 aromatic rings. The highest BCUT2D eigenvalue weighted by atomic mass is 19.1. The van der Waals surface area contributed by atoms with Crippen molar-refractivity contribution in [3.63, 3.8) is 0 Å². The number of halogens is 1. The first-order valence-electron chi connectivity index (χ1n) is 5.29. The molecule has 16 heavy (non-hydrogen) atoms. The third-order valence-electron chi connectivity index (χ3n) is 2.64. The Morgan fingerprint density at radius 3 is 2.31 bits per heavy atom. The summed E-state index contributed by atoms with van der Waals surface area (Å²) in [7, 11) is 1.37. The molecule has 1 atom stereocenters. The van der Waals surface area contributed by atoms with Gasteiger partial charge in [0.25, 0.3) is 0 Å². The molecular weight excluding hydrogens is 207 g/mol. The van der Waals surface area contributed by atoms with E-state index in [-0.39, 0.29) is 17.7 Å². The fourth-order valence-corrected chi connectivity index (χ4v) is 1.79. The van der Waals surface area contributed by atoms with Gasteiger partial charge in [-0.1, -0.05) is 19.1 Å². The molecule has 1 aromatic carbocycles. The SMILES string of the molecule is COC(=O)[C@@H](C)Cc1cc(C)c(F)c(C)c1. The largest absolute Gasteiger partial charge is 0.469 e. The van der Waals surface area contributed by atoms with E-state index in [0.717, 1.165) is 5.56 Å². The lowest BCUT2D eigenvalue weighted by Gasteiger charge is -2.11. The molecule has 0 unspecified atom stereocenters. The average Bonchev–Trinajstić information content (AvgIpc) is 2.24. The van der Waals surface area contributed by atoms with Gasteiger partial charge in [-0.2, -0.15) is 0 Å². The van der Waals surface area contributed by atoms with Gasteiger partial charge in [0.2, 0.25) is 0 Å². The Bertz CT molecular complexity index is 376. The van der Waals surface area contributed by atoms with Crippen LogP contribution in [0, 0.1) is 25.6 Å². The molecule has 88 valence electrons. The molecule has 2 nitrogen and oxygen atoms in total. The average molecular weight is 224 g/mol. The summed E-state index contributed by atoms with van der Waals surface area (Å²) in [6.07, 6.45) is 0.578. The van der Waals surface area contributed by atoms with Crippen LogP contribution in [0.2, 0.25) is 0 Å². The maximum Gasteiger partial charge on any atom is 0.308 e. The second-order valence-corrected chi connectivity index (χ2v) is 4.17. The molecular formula is C13H17FO2. The van der Waals surface area contributed by atoms with E-state index in [4.69, 9.17) is 0 Å². The maximum atomic E-state index is 13.4. The van der Waals surface area contributed by atoms with Gasteiger partial charge in [-0.3, -0.25) is 4.79 Å². The maximum absolute atomic E-state index is 13.4. The van der Waals surface area contributed by atoms with E-state index in [9.17, 15) is 9.18 Å². The molecule has 0 fully saturated rings. The highest BCUT2D eigenvalue weighted by Crippen LogP contribution is 2.17. The summed E-state index contributed by atoms with van der Waals surface area (Å²) < 4.78 is 18.0. The Morgan fingerprint density at radius 1 is 1.38 bits per heavy atom. The lowest BCUT2D eigenvalue weighted by molar-refractivity contribution is -0.144. The fourth-order valence-electron chi connectivity index (χ4n) is 1.79. The second kappa shape index (κ2) is 5.10. The number of ether oxygens (including phenoxy) is 1. The third-order valence-corrected chi connectivity index (χ3v) is 2.64. The minimum atomic E-state index is -0.236. The van der Waals surface area contributed by atoms with Crippen molar-refractivity contribution >= 4 is 5.97 Å². The quantitative estimate of drug-likeness (QED) is 0.738. The van der Waals surface area contributed by atoms with Gasteiger partial charge in [0.1, 0.15) is 5.82 Å². The number of hydrogen-bond acceptors (Lipinski definition) is 2. The Morgan fingerprint density at radius 2 is 1.88 bits per heavy atom. The highest BCUT2D eigenvalue weighted by Gasteiger charge is 2.14. The molecule has 0 N–H and O–H groups in total. The first-order chi connectivity index (χ1) is 7.45. The zero-order chi connectivity index (χ0) is 12.3. The van der Waals surface area contributed by atoms with E-state index in [1.165, 1.54) is 7.11 Å². The van der Waals surface area contributed by atoms with Crippen molar-refractivity contribution in [3.8, 4) is 0 Å². The summed E-state index contributed by atoms with van der Waals surface area (Å²) in [5.74, 6) is -0.608. The summed E-state index contributed by atoms with van der Waals surface area (Å²) in [6.45, 7) is 5.27. The van der Waals surface area contributed by atoms with Crippen LogP contribution in [-0.4, -0.2) is 13.1 Å². The number of carbonyl (C=O) groups is 1. The van der Waals surface area contributed by atoms with Crippen molar-refractivity contribution in [2.45, 2.75) is 27.2 Å². The lowest BCUT2D eigenvalue weighted by atomic mass is 9.97. The Hall–Kier alpha value is -1.38. The molecule has 0 aliphatic heterocycles. The molecule has 0 aliphatic rings. The van der Waals surface area contributed by atoms with Gasteiger partial charge in [0.15, 0.2) is 0 Å². The van der Waals surface area contributed by atoms with E-state index < -0.39 is 0 Å². The molecule has 0 aromatic heterocycles. The summed E-state index contributed by atoms with van der Waals surface area (Å²) in [4.78, 5) is 11.3. The highest BCUT2D eigenvalue weighted by molar-refractivity contribution is 5.72. The molecule has 0 saturated carbocycles. The molecule has 0 saturated heterocycles. The number of hydrogen-bond donors (Lipinski definition) is 0. The van der Waals surface area contributed by atoms with E-state index in [1.807, 2.05) is 0 Å². The number of carbonyl (C=O) groups excluding carboxylic acids is 1. The third kappa shape index (κ3) is 2.81. The fraction of sp³-hybridized carbons (Fsp3) is 0.462. The summed E-state index contributed by atoms with van der Waals surface area (Å²) in [5, 5.41) is 0. The molecule has 3 heteroatoms. The van der Waals surface area contributed by atoms with Crippen LogP contribution < -0.4 is 0 Å². The van der Waals surface area contributed by atoms with Crippen molar-refractivity contribution in [3.05, 3.63) is 34.6 Å². The van der Waals surface area contributed by atoms with Crippen molar-refractivity contribution in [1.82, 2.24) is 0 Å². The smallest absolute Gasteiger partial charge is 0.308 e. The van der Waals surface area contributed by atoms with Crippen molar-refractivity contribution < 1.29 is 13.9 Å². The first-order valence-corrected chi connectivity index (χ1v) is 5.29. The van der Waals surface area contributed by atoms with Gasteiger partial charge < -0.3 is 4.74 Å². The minimum Gasteiger partial charge on any atom is -0.469 e. The number of esters is 1. The Kier molecular flexibility index (Phi) is 4.05. The van der Waals surface area contributed by atoms with Gasteiger partial charge >= 0.3 is 5.97 Å². The molecule has 1 rings (SSSR count). The Balaban J connectivity index is 2.86. The van der Waals surface area contributed by atoms with Crippen molar-refractivity contribution in [1.29, 1.82) is 0 Å². The van der Waals surface area contributed by atoms with E-state index in [2.05, 4.69) is 4.74 Å². The van der Waals surface area contributed by atoms with Crippen LogP contribution in [0.4, 0.5) is 4.39 Å². The first kappa shape index (κ1) is 12.7. The number of aryl methyl sites for hydroxylation is 2. The number of rotatable bonds is 3. The molecule has 0 heterocycles. The summed E-state index contributed by atoms with van der Waals surface area (Å²) in [5.41, 5.74) is 2.20. The van der Waals surface area contributed by atoms with Gasteiger partial charge in [-0.15, -0.1) is 0 Å². The van der Waals surface area contributed by atoms with Crippen LogP contribution in [0.15, 0.2) is 12.1 Å². The molecule has 0 spiro atoms. The molecule has 0 amide bonds. The van der Waals surface area contributed by atoms with Crippen LogP contribution in [0.5, 0.6) is 0 Å². The monoisotopic (exact) mass is 224 g/mol. The molecule has 0 bridgehead atoms. The normalized spacial score (nSPS) is 12.3. The number of benzene rings is 1. The standard InChI is InChI=1S/C13H17FO2/c1-8-5-11(6-9(2)12(8)14)7-10(3)13(15)16-4/h5-6,10H,7H2,1-4H3/t10-/m0/s1. The summed E-state index contributed by atoms with van der Waals surface area (Å²) in [6, 6.07) is 3.56. The lowest BCUT2D eigenvalue weighted by Crippen LogP contribution is -2.15. The predicted octanol–water partition coefficient (Wildman–Crippen LogP) is 2.79. The minimum absolute atomic E-state index is 0.172. The molecule has 0 radical (unpaired) electrons. The van der Waals surface area contributed by atoms with Crippen molar-refractivity contribution in [2.75, 3.05) is 7.11 Å². The van der Waals surface area contributed by atoms with Crippen LogP contribution in [0.25, 0.3) is 0 Å². The zero-order valence-corrected chi connectivity index (χ0v) is 10.1. The van der Waals surface area contributed by atoms with Crippen molar-refractivity contribution in [2.24, 2.45) is 5.92 Å². The van der Waals surface area contributed by atoms with E-state index >= 15 is 0 Å². The van der Waals surface area contributed by atoms with E-state index in [1.54, 1.807) is 32.9 Å². The topological polar surface area (TPSA) is 26.3 Å². The zero-order valence-electron chi connectivity index (χ0n) is 10.1. The van der Waals surface area contributed by atoms with Gasteiger partial charge in [0.05, 0.1) is 13.0 Å². The summed E-state index contributed by atoms with van der Waals surface area (Å²) >= 11 is 0. The predicted molar refractivity (Wildman–Crippen MR) is 60.8 cm³/mol.